The van der Waals surface area contributed by atoms with Gasteiger partial charge in [0.15, 0.2) is 0 Å². The molecular weight excluding hydrogens is 222 g/mol. The summed E-state index contributed by atoms with van der Waals surface area (Å²) in [4.78, 5) is 4.93. The van der Waals surface area contributed by atoms with Crippen molar-refractivity contribution in [2.24, 2.45) is 5.92 Å². The normalized spacial score (nSPS) is 27.8. The van der Waals surface area contributed by atoms with E-state index in [1.807, 2.05) is 0 Å². The highest BCUT2D eigenvalue weighted by molar-refractivity contribution is 5.23. The molecule has 100 valence electrons. The Bertz CT molecular complexity index is 433. The minimum absolute atomic E-state index is 0.531. The third-order valence-electron chi connectivity index (χ3n) is 4.62. The second-order valence-electron chi connectivity index (χ2n) is 6.29. The number of aromatic nitrogens is 2. The van der Waals surface area contributed by atoms with Crippen LogP contribution in [0.25, 0.3) is 0 Å². The van der Waals surface area contributed by atoms with Crippen LogP contribution in [0.4, 0.5) is 0 Å². The second-order valence-corrected chi connectivity index (χ2v) is 6.29. The van der Waals surface area contributed by atoms with Crippen LogP contribution in [0.15, 0.2) is 0 Å². The van der Waals surface area contributed by atoms with Gasteiger partial charge in [0, 0.05) is 37.2 Å². The molecule has 1 aromatic rings. The van der Waals surface area contributed by atoms with Gasteiger partial charge >= 0.3 is 0 Å². The molecule has 0 radical (unpaired) electrons. The number of hydrogen-bond acceptors (Lipinski definition) is 2. The van der Waals surface area contributed by atoms with Gasteiger partial charge in [-0.25, -0.2) is 4.98 Å². The SMILES string of the molecule is CC(C)c1nc2c(n1C1CCCC1C)CCNC2. The van der Waals surface area contributed by atoms with Crippen molar-refractivity contribution in [3.63, 3.8) is 0 Å². The van der Waals surface area contributed by atoms with E-state index in [0.29, 0.717) is 12.0 Å². The van der Waals surface area contributed by atoms with Crippen molar-refractivity contribution in [2.75, 3.05) is 6.54 Å². The molecule has 3 heteroatoms. The molecule has 18 heavy (non-hydrogen) atoms. The van der Waals surface area contributed by atoms with Gasteiger partial charge in [-0.15, -0.1) is 0 Å². The maximum atomic E-state index is 4.93. The molecule has 2 unspecified atom stereocenters. The summed E-state index contributed by atoms with van der Waals surface area (Å²) in [6, 6.07) is 0.705. The van der Waals surface area contributed by atoms with Gasteiger partial charge in [0.25, 0.3) is 0 Å². The molecule has 0 spiro atoms. The summed E-state index contributed by atoms with van der Waals surface area (Å²) in [5.74, 6) is 2.67. The van der Waals surface area contributed by atoms with Gasteiger partial charge in [0.05, 0.1) is 5.69 Å². The highest BCUT2D eigenvalue weighted by atomic mass is 15.2. The van der Waals surface area contributed by atoms with E-state index >= 15 is 0 Å². The van der Waals surface area contributed by atoms with Crippen LogP contribution in [-0.4, -0.2) is 16.1 Å². The number of rotatable bonds is 2. The Morgan fingerprint density at radius 2 is 2.17 bits per heavy atom. The molecule has 1 aliphatic heterocycles. The molecular formula is C15H25N3. The van der Waals surface area contributed by atoms with Gasteiger partial charge in [0.2, 0.25) is 0 Å². The minimum atomic E-state index is 0.531. The molecule has 0 saturated heterocycles. The fourth-order valence-corrected chi connectivity index (χ4v) is 3.64. The Morgan fingerprint density at radius 1 is 1.33 bits per heavy atom. The van der Waals surface area contributed by atoms with Crippen LogP contribution in [0, 0.1) is 5.92 Å². The van der Waals surface area contributed by atoms with Crippen LogP contribution in [0.1, 0.15) is 69.2 Å². The lowest BCUT2D eigenvalue weighted by molar-refractivity contribution is 0.379. The van der Waals surface area contributed by atoms with Crippen LogP contribution >= 0.6 is 0 Å². The van der Waals surface area contributed by atoms with Crippen molar-refractivity contribution in [1.82, 2.24) is 14.9 Å². The Morgan fingerprint density at radius 3 is 2.83 bits per heavy atom. The van der Waals surface area contributed by atoms with E-state index in [9.17, 15) is 0 Å². The van der Waals surface area contributed by atoms with Crippen LogP contribution in [0.5, 0.6) is 0 Å². The third-order valence-corrected chi connectivity index (χ3v) is 4.62. The lowest BCUT2D eigenvalue weighted by Gasteiger charge is -2.25. The number of nitrogens with one attached hydrogen (secondary N) is 1. The molecule has 2 aliphatic rings. The molecule has 1 N–H and O–H groups in total. The van der Waals surface area contributed by atoms with Gasteiger partial charge in [-0.3, -0.25) is 0 Å². The highest BCUT2D eigenvalue weighted by Crippen LogP contribution is 2.39. The Kier molecular flexibility index (Phi) is 3.18. The standard InChI is InChI=1S/C15H25N3/c1-10(2)15-17-12-9-16-8-7-14(12)18(15)13-6-4-5-11(13)3/h10-11,13,16H,4-9H2,1-3H3. The van der Waals surface area contributed by atoms with Gasteiger partial charge in [0.1, 0.15) is 5.82 Å². The van der Waals surface area contributed by atoms with E-state index in [1.54, 1.807) is 0 Å². The monoisotopic (exact) mass is 247 g/mol. The average molecular weight is 247 g/mol. The predicted molar refractivity (Wildman–Crippen MR) is 73.8 cm³/mol. The van der Waals surface area contributed by atoms with Gasteiger partial charge < -0.3 is 9.88 Å². The Labute approximate surface area is 110 Å². The molecule has 1 saturated carbocycles. The van der Waals surface area contributed by atoms with Crippen LogP contribution in [-0.2, 0) is 13.0 Å². The molecule has 3 nitrogen and oxygen atoms in total. The number of nitrogens with zero attached hydrogens (tertiary/aromatic N) is 2. The number of hydrogen-bond donors (Lipinski definition) is 1. The number of fused-ring (bicyclic) bond motifs is 1. The fraction of sp³-hybridized carbons (Fsp3) is 0.800. The lowest BCUT2D eigenvalue weighted by Crippen LogP contribution is -2.26. The van der Waals surface area contributed by atoms with Crippen molar-refractivity contribution in [3.05, 3.63) is 17.2 Å². The first kappa shape index (κ1) is 12.2. The largest absolute Gasteiger partial charge is 0.328 e. The number of imidazole rings is 1. The van der Waals surface area contributed by atoms with Gasteiger partial charge in [-0.2, -0.15) is 0 Å². The van der Waals surface area contributed by atoms with Crippen molar-refractivity contribution >= 4 is 0 Å². The second kappa shape index (κ2) is 4.69. The predicted octanol–water partition coefficient (Wildman–Crippen LogP) is 3.01. The Hall–Kier alpha value is -0.830. The summed E-state index contributed by atoms with van der Waals surface area (Å²) < 4.78 is 2.62. The topological polar surface area (TPSA) is 29.9 Å². The minimum Gasteiger partial charge on any atom is -0.328 e. The summed E-state index contributed by atoms with van der Waals surface area (Å²) in [6.07, 6.45) is 5.26. The highest BCUT2D eigenvalue weighted by Gasteiger charge is 2.31. The first-order chi connectivity index (χ1) is 8.68. The molecule has 3 rings (SSSR count). The summed E-state index contributed by atoms with van der Waals surface area (Å²) in [7, 11) is 0. The lowest BCUT2D eigenvalue weighted by atomic mass is 10.0. The summed E-state index contributed by atoms with van der Waals surface area (Å²) in [6.45, 7) is 9.03. The third kappa shape index (κ3) is 1.89. The quantitative estimate of drug-likeness (QED) is 0.870. The van der Waals surface area contributed by atoms with E-state index in [-0.39, 0.29) is 0 Å². The van der Waals surface area contributed by atoms with Gasteiger partial charge in [-0.1, -0.05) is 27.2 Å². The van der Waals surface area contributed by atoms with Crippen molar-refractivity contribution in [2.45, 2.75) is 65.0 Å². The van der Waals surface area contributed by atoms with E-state index in [1.165, 1.54) is 36.5 Å². The van der Waals surface area contributed by atoms with Crippen LogP contribution < -0.4 is 5.32 Å². The molecule has 1 fully saturated rings. The van der Waals surface area contributed by atoms with E-state index in [4.69, 9.17) is 4.98 Å². The first-order valence-corrected chi connectivity index (χ1v) is 7.49. The van der Waals surface area contributed by atoms with Gasteiger partial charge in [-0.05, 0) is 18.8 Å². The maximum absolute atomic E-state index is 4.93. The maximum Gasteiger partial charge on any atom is 0.112 e. The van der Waals surface area contributed by atoms with Crippen molar-refractivity contribution in [3.8, 4) is 0 Å². The zero-order valence-corrected chi connectivity index (χ0v) is 11.9. The van der Waals surface area contributed by atoms with Crippen LogP contribution in [0.2, 0.25) is 0 Å². The summed E-state index contributed by atoms with van der Waals surface area (Å²) >= 11 is 0. The van der Waals surface area contributed by atoms with Crippen LogP contribution in [0.3, 0.4) is 0 Å². The van der Waals surface area contributed by atoms with E-state index < -0.39 is 0 Å². The summed E-state index contributed by atoms with van der Waals surface area (Å²) in [5.41, 5.74) is 2.83. The zero-order valence-electron chi connectivity index (χ0n) is 11.9. The average Bonchev–Trinajstić information content (AvgIpc) is 2.92. The molecule has 0 amide bonds. The van der Waals surface area contributed by atoms with E-state index in [2.05, 4.69) is 30.7 Å². The first-order valence-electron chi connectivity index (χ1n) is 7.49. The smallest absolute Gasteiger partial charge is 0.112 e. The molecule has 2 atom stereocenters. The molecule has 0 bridgehead atoms. The fourth-order valence-electron chi connectivity index (χ4n) is 3.64. The molecule has 0 aromatic carbocycles. The van der Waals surface area contributed by atoms with Crippen molar-refractivity contribution < 1.29 is 0 Å². The van der Waals surface area contributed by atoms with E-state index in [0.717, 1.165) is 25.4 Å². The van der Waals surface area contributed by atoms with Crippen molar-refractivity contribution in [1.29, 1.82) is 0 Å². The molecule has 2 heterocycles. The zero-order chi connectivity index (χ0) is 12.7. The molecule has 1 aliphatic carbocycles. The molecule has 1 aromatic heterocycles. The Balaban J connectivity index is 2.07. The summed E-state index contributed by atoms with van der Waals surface area (Å²) in [5, 5.41) is 3.45.